The topological polar surface area (TPSA) is 92.8 Å². The fourth-order valence-corrected chi connectivity index (χ4v) is 4.77. The Morgan fingerprint density at radius 1 is 0.857 bits per heavy atom. The van der Waals surface area contributed by atoms with E-state index in [1.807, 2.05) is 12.1 Å². The predicted molar refractivity (Wildman–Crippen MR) is 132 cm³/mol. The Morgan fingerprint density at radius 2 is 1.51 bits per heavy atom. The zero-order chi connectivity index (χ0) is 24.5. The third kappa shape index (κ3) is 4.31. The van der Waals surface area contributed by atoms with Crippen molar-refractivity contribution >= 4 is 46.4 Å². The van der Waals surface area contributed by atoms with Crippen molar-refractivity contribution in [3.05, 3.63) is 93.5 Å². The molecule has 3 aromatic rings. The summed E-state index contributed by atoms with van der Waals surface area (Å²) >= 11 is 6.38. The Bertz CT molecular complexity index is 1360. The van der Waals surface area contributed by atoms with E-state index in [4.69, 9.17) is 16.3 Å². The highest BCUT2D eigenvalue weighted by molar-refractivity contribution is 6.41. The third-order valence-electron chi connectivity index (χ3n) is 6.21. The maximum atomic E-state index is 13.0. The van der Waals surface area contributed by atoms with E-state index in [1.54, 1.807) is 36.4 Å². The van der Waals surface area contributed by atoms with E-state index in [2.05, 4.69) is 10.2 Å². The molecule has 1 aliphatic carbocycles. The molecular weight excluding hydrogens is 468 g/mol. The SMILES string of the molecule is O=C(COC(=O)c1ccc2c(c1Cl)C(=O)c1ccccc1C2=O)Nc1ccc(N2CCCC2)cc1. The van der Waals surface area contributed by atoms with Crippen molar-refractivity contribution in [3.8, 4) is 0 Å². The summed E-state index contributed by atoms with van der Waals surface area (Å²) in [6.07, 6.45) is 2.35. The number of hydrogen-bond acceptors (Lipinski definition) is 6. The Balaban J connectivity index is 1.25. The quantitative estimate of drug-likeness (QED) is 0.415. The first-order chi connectivity index (χ1) is 16.9. The standard InChI is InChI=1S/C27H21ClN2O5/c28-24-21(12-11-20-23(24)26(33)19-6-2-1-5-18(19)25(20)32)27(34)35-15-22(31)29-16-7-9-17(10-8-16)30-13-3-4-14-30/h1-2,5-12H,3-4,13-15H2,(H,29,31). The summed E-state index contributed by atoms with van der Waals surface area (Å²) in [6, 6.07) is 16.6. The number of halogens is 1. The molecule has 0 aromatic heterocycles. The molecule has 3 aromatic carbocycles. The molecule has 0 bridgehead atoms. The van der Waals surface area contributed by atoms with E-state index in [-0.39, 0.29) is 33.1 Å². The molecule has 1 aliphatic heterocycles. The van der Waals surface area contributed by atoms with Crippen LogP contribution in [0, 0.1) is 0 Å². The second-order valence-electron chi connectivity index (χ2n) is 8.42. The molecule has 35 heavy (non-hydrogen) atoms. The monoisotopic (exact) mass is 488 g/mol. The van der Waals surface area contributed by atoms with Crippen LogP contribution in [0.2, 0.25) is 5.02 Å². The van der Waals surface area contributed by atoms with Crippen molar-refractivity contribution in [3.63, 3.8) is 0 Å². The third-order valence-corrected chi connectivity index (χ3v) is 6.60. The predicted octanol–water partition coefficient (Wildman–Crippen LogP) is 4.51. The van der Waals surface area contributed by atoms with Crippen molar-refractivity contribution in [2.75, 3.05) is 29.9 Å². The molecule has 1 fully saturated rings. The van der Waals surface area contributed by atoms with Crippen LogP contribution < -0.4 is 10.2 Å². The Kier molecular flexibility index (Phi) is 6.09. The van der Waals surface area contributed by atoms with Gasteiger partial charge in [-0.3, -0.25) is 14.4 Å². The van der Waals surface area contributed by atoms with Crippen molar-refractivity contribution in [2.24, 2.45) is 0 Å². The minimum absolute atomic E-state index is 0.0349. The van der Waals surface area contributed by atoms with Crippen molar-refractivity contribution in [1.82, 2.24) is 0 Å². The minimum Gasteiger partial charge on any atom is -0.452 e. The largest absolute Gasteiger partial charge is 0.452 e. The van der Waals surface area contributed by atoms with Gasteiger partial charge in [-0.2, -0.15) is 0 Å². The first-order valence-corrected chi connectivity index (χ1v) is 11.6. The summed E-state index contributed by atoms with van der Waals surface area (Å²) in [5, 5.41) is 2.52. The molecule has 5 rings (SSSR count). The summed E-state index contributed by atoms with van der Waals surface area (Å²) in [6.45, 7) is 1.52. The van der Waals surface area contributed by atoms with Gasteiger partial charge >= 0.3 is 5.97 Å². The molecule has 2 aliphatic rings. The second kappa shape index (κ2) is 9.35. The van der Waals surface area contributed by atoms with Crippen LogP contribution in [0.4, 0.5) is 11.4 Å². The lowest BCUT2D eigenvalue weighted by atomic mass is 9.83. The number of rotatable bonds is 5. The number of carbonyl (C=O) groups is 4. The van der Waals surface area contributed by atoms with E-state index in [9.17, 15) is 19.2 Å². The smallest absolute Gasteiger partial charge is 0.340 e. The molecule has 0 spiro atoms. The number of benzene rings is 3. The highest BCUT2D eigenvalue weighted by Gasteiger charge is 2.33. The average molecular weight is 489 g/mol. The number of ether oxygens (including phenoxy) is 1. The Hall–Kier alpha value is -3.97. The summed E-state index contributed by atoms with van der Waals surface area (Å²) in [4.78, 5) is 53.0. The van der Waals surface area contributed by atoms with E-state index >= 15 is 0 Å². The summed E-state index contributed by atoms with van der Waals surface area (Å²) < 4.78 is 5.13. The Labute approximate surface area is 206 Å². The molecule has 1 heterocycles. The molecule has 0 radical (unpaired) electrons. The minimum atomic E-state index is -0.864. The number of amides is 1. The van der Waals surface area contributed by atoms with Crippen LogP contribution in [0.15, 0.2) is 60.7 Å². The number of nitrogens with zero attached hydrogens (tertiary/aromatic N) is 1. The van der Waals surface area contributed by atoms with Gasteiger partial charge in [-0.05, 0) is 49.2 Å². The average Bonchev–Trinajstić information content (AvgIpc) is 3.41. The van der Waals surface area contributed by atoms with Gasteiger partial charge in [0.2, 0.25) is 0 Å². The number of fused-ring (bicyclic) bond motifs is 2. The molecule has 176 valence electrons. The van der Waals surface area contributed by atoms with Crippen LogP contribution in [-0.2, 0) is 9.53 Å². The van der Waals surface area contributed by atoms with Crippen molar-refractivity contribution in [2.45, 2.75) is 12.8 Å². The van der Waals surface area contributed by atoms with Gasteiger partial charge in [0.15, 0.2) is 18.2 Å². The van der Waals surface area contributed by atoms with Gasteiger partial charge < -0.3 is 15.0 Å². The van der Waals surface area contributed by atoms with Gasteiger partial charge in [0.1, 0.15) is 0 Å². The molecule has 8 heteroatoms. The lowest BCUT2D eigenvalue weighted by molar-refractivity contribution is -0.119. The van der Waals surface area contributed by atoms with E-state index in [0.717, 1.165) is 18.8 Å². The van der Waals surface area contributed by atoms with E-state index < -0.39 is 24.3 Å². The highest BCUT2D eigenvalue weighted by Crippen LogP contribution is 2.34. The number of esters is 1. The highest BCUT2D eigenvalue weighted by atomic mass is 35.5. The van der Waals surface area contributed by atoms with Gasteiger partial charge in [-0.15, -0.1) is 0 Å². The number of carbonyl (C=O) groups excluding carboxylic acids is 4. The number of anilines is 2. The fraction of sp³-hybridized carbons (Fsp3) is 0.185. The normalized spacial score (nSPS) is 14.4. The van der Waals surface area contributed by atoms with Crippen molar-refractivity contribution < 1.29 is 23.9 Å². The van der Waals surface area contributed by atoms with Gasteiger partial charge in [0, 0.05) is 41.2 Å². The molecule has 0 unspecified atom stereocenters. The second-order valence-corrected chi connectivity index (χ2v) is 8.80. The molecule has 1 amide bonds. The van der Waals surface area contributed by atoms with Crippen molar-refractivity contribution in [1.29, 1.82) is 0 Å². The van der Waals surface area contributed by atoms with E-state index in [0.29, 0.717) is 11.3 Å². The zero-order valence-corrected chi connectivity index (χ0v) is 19.4. The van der Waals surface area contributed by atoms with Crippen LogP contribution in [-0.4, -0.2) is 43.1 Å². The number of hydrogen-bond donors (Lipinski definition) is 1. The van der Waals surface area contributed by atoms with Gasteiger partial charge in [0.25, 0.3) is 5.91 Å². The first-order valence-electron chi connectivity index (χ1n) is 11.3. The lowest BCUT2D eigenvalue weighted by Crippen LogP contribution is -2.24. The van der Waals surface area contributed by atoms with Gasteiger partial charge in [0.05, 0.1) is 16.1 Å². The van der Waals surface area contributed by atoms with Crippen LogP contribution in [0.3, 0.4) is 0 Å². The summed E-state index contributed by atoms with van der Waals surface area (Å²) in [5.41, 5.74) is 2.22. The van der Waals surface area contributed by atoms with Gasteiger partial charge in [-0.25, -0.2) is 4.79 Å². The maximum Gasteiger partial charge on any atom is 0.340 e. The molecule has 1 saturated heterocycles. The summed E-state index contributed by atoms with van der Waals surface area (Å²) in [7, 11) is 0. The van der Waals surface area contributed by atoms with E-state index in [1.165, 1.54) is 25.0 Å². The Morgan fingerprint density at radius 3 is 2.20 bits per heavy atom. The van der Waals surface area contributed by atoms with Gasteiger partial charge in [-0.1, -0.05) is 35.9 Å². The lowest BCUT2D eigenvalue weighted by Gasteiger charge is -2.19. The zero-order valence-electron chi connectivity index (χ0n) is 18.7. The fourth-order valence-electron chi connectivity index (χ4n) is 4.44. The molecule has 1 N–H and O–H groups in total. The first kappa shape index (κ1) is 22.8. The summed E-state index contributed by atoms with van der Waals surface area (Å²) in [5.74, 6) is -2.16. The number of nitrogens with one attached hydrogen (secondary N) is 1. The molecule has 7 nitrogen and oxygen atoms in total. The molecule has 0 atom stereocenters. The molecular formula is C27H21ClN2O5. The maximum absolute atomic E-state index is 13.0. The number of ketones is 2. The molecule has 0 saturated carbocycles. The van der Waals surface area contributed by atoms with Crippen LogP contribution >= 0.6 is 11.6 Å². The van der Waals surface area contributed by atoms with Crippen LogP contribution in [0.5, 0.6) is 0 Å². The van der Waals surface area contributed by atoms with Crippen LogP contribution in [0.25, 0.3) is 0 Å². The van der Waals surface area contributed by atoms with Crippen LogP contribution in [0.1, 0.15) is 55.0 Å².